The Kier molecular flexibility index (Phi) is 5.01. The van der Waals surface area contributed by atoms with Crippen molar-refractivity contribution in [3.63, 3.8) is 0 Å². The van der Waals surface area contributed by atoms with Gasteiger partial charge in [-0.05, 0) is 43.1 Å². The fourth-order valence-electron chi connectivity index (χ4n) is 1.13. The van der Waals surface area contributed by atoms with Gasteiger partial charge in [-0.2, -0.15) is 0 Å². The van der Waals surface area contributed by atoms with Gasteiger partial charge in [0.25, 0.3) is 0 Å². The van der Waals surface area contributed by atoms with Crippen molar-refractivity contribution in [2.45, 2.75) is 32.4 Å². The summed E-state index contributed by atoms with van der Waals surface area (Å²) in [6, 6.07) is 3.56. The van der Waals surface area contributed by atoms with Crippen LogP contribution in [0.2, 0.25) is 5.22 Å². The van der Waals surface area contributed by atoms with E-state index in [-0.39, 0.29) is 6.10 Å². The smallest absolute Gasteiger partial charge is 0.193 e. The van der Waals surface area contributed by atoms with Crippen molar-refractivity contribution in [1.82, 2.24) is 5.32 Å². The van der Waals surface area contributed by atoms with Crippen molar-refractivity contribution < 1.29 is 9.52 Å². The fourth-order valence-corrected chi connectivity index (χ4v) is 1.29. The van der Waals surface area contributed by atoms with Crippen molar-refractivity contribution in [3.05, 3.63) is 23.1 Å². The molecular weight excluding hydrogens is 202 g/mol. The molecule has 0 bridgehead atoms. The zero-order chi connectivity index (χ0) is 10.4. The summed E-state index contributed by atoms with van der Waals surface area (Å²) in [4.78, 5) is 0. The number of hydrogen-bond acceptors (Lipinski definition) is 3. The maximum absolute atomic E-state index is 9.27. The van der Waals surface area contributed by atoms with E-state index in [2.05, 4.69) is 5.32 Å². The summed E-state index contributed by atoms with van der Waals surface area (Å²) in [6.07, 6.45) is 1.36. The summed E-state index contributed by atoms with van der Waals surface area (Å²) in [7, 11) is 0. The molecular formula is C10H16ClNO2. The topological polar surface area (TPSA) is 45.4 Å². The van der Waals surface area contributed by atoms with Crippen LogP contribution in [0.15, 0.2) is 16.5 Å². The lowest BCUT2D eigenvalue weighted by atomic mass is 10.2. The van der Waals surface area contributed by atoms with Crippen molar-refractivity contribution in [3.8, 4) is 0 Å². The highest BCUT2D eigenvalue weighted by Crippen LogP contribution is 2.12. The highest BCUT2D eigenvalue weighted by Gasteiger charge is 2.01. The Bertz CT molecular complexity index is 262. The van der Waals surface area contributed by atoms with Gasteiger partial charge in [0.15, 0.2) is 5.22 Å². The van der Waals surface area contributed by atoms with E-state index in [9.17, 15) is 5.11 Å². The van der Waals surface area contributed by atoms with Crippen LogP contribution in [-0.4, -0.2) is 17.8 Å². The van der Waals surface area contributed by atoms with Crippen LogP contribution in [0.25, 0.3) is 0 Å². The van der Waals surface area contributed by atoms with Gasteiger partial charge in [-0.25, -0.2) is 0 Å². The maximum Gasteiger partial charge on any atom is 0.193 e. The normalized spacial score (nSPS) is 13.1. The molecule has 4 heteroatoms. The molecule has 80 valence electrons. The third-order valence-electron chi connectivity index (χ3n) is 2.05. The molecule has 1 rings (SSSR count). The molecule has 0 amide bonds. The van der Waals surface area contributed by atoms with Crippen LogP contribution in [0.4, 0.5) is 0 Å². The van der Waals surface area contributed by atoms with E-state index in [0.717, 1.165) is 25.1 Å². The predicted octanol–water partition coefficient (Wildman–Crippen LogP) is 2.18. The maximum atomic E-state index is 9.27. The second kappa shape index (κ2) is 6.06. The average molecular weight is 218 g/mol. The van der Waals surface area contributed by atoms with E-state index >= 15 is 0 Å². The molecule has 0 aliphatic heterocycles. The van der Waals surface area contributed by atoms with Crippen LogP contribution in [-0.2, 0) is 6.54 Å². The van der Waals surface area contributed by atoms with Gasteiger partial charge in [-0.3, -0.25) is 0 Å². The van der Waals surface area contributed by atoms with Crippen LogP contribution in [0.5, 0.6) is 0 Å². The zero-order valence-electron chi connectivity index (χ0n) is 8.29. The minimum atomic E-state index is -0.206. The van der Waals surface area contributed by atoms with Gasteiger partial charge in [0.2, 0.25) is 0 Å². The number of halogens is 1. The van der Waals surface area contributed by atoms with Crippen LogP contribution in [0.3, 0.4) is 0 Å². The molecule has 3 nitrogen and oxygen atoms in total. The first-order valence-electron chi connectivity index (χ1n) is 4.85. The summed E-state index contributed by atoms with van der Waals surface area (Å²) < 4.78 is 5.16. The largest absolute Gasteiger partial charge is 0.448 e. The zero-order valence-corrected chi connectivity index (χ0v) is 9.05. The lowest BCUT2D eigenvalue weighted by Crippen LogP contribution is -2.19. The Hall–Kier alpha value is -0.510. The van der Waals surface area contributed by atoms with Gasteiger partial charge in [0.05, 0.1) is 12.6 Å². The molecule has 1 aromatic heterocycles. The van der Waals surface area contributed by atoms with E-state index in [1.807, 2.05) is 13.0 Å². The number of furan rings is 1. The summed E-state index contributed by atoms with van der Waals surface area (Å²) >= 11 is 5.61. The number of rotatable bonds is 6. The molecule has 1 atom stereocenters. The SMILES string of the molecule is CCC(O)CCNCc1ccc(Cl)o1. The molecule has 0 radical (unpaired) electrons. The first-order valence-corrected chi connectivity index (χ1v) is 5.23. The Morgan fingerprint density at radius 1 is 1.57 bits per heavy atom. The molecule has 1 aromatic rings. The first-order chi connectivity index (χ1) is 6.72. The molecule has 0 aliphatic rings. The molecule has 0 aliphatic carbocycles. The van der Waals surface area contributed by atoms with Gasteiger partial charge in [-0.15, -0.1) is 0 Å². The van der Waals surface area contributed by atoms with Crippen molar-refractivity contribution in [2.24, 2.45) is 0 Å². The Labute approximate surface area is 89.1 Å². The molecule has 0 saturated heterocycles. The van der Waals surface area contributed by atoms with Crippen molar-refractivity contribution in [2.75, 3.05) is 6.54 Å². The average Bonchev–Trinajstić information content (AvgIpc) is 2.58. The lowest BCUT2D eigenvalue weighted by molar-refractivity contribution is 0.159. The number of aliphatic hydroxyl groups excluding tert-OH is 1. The van der Waals surface area contributed by atoms with Gasteiger partial charge in [0.1, 0.15) is 5.76 Å². The van der Waals surface area contributed by atoms with E-state index < -0.39 is 0 Å². The highest BCUT2D eigenvalue weighted by molar-refractivity contribution is 6.28. The van der Waals surface area contributed by atoms with E-state index in [0.29, 0.717) is 11.8 Å². The molecule has 14 heavy (non-hydrogen) atoms. The molecule has 1 heterocycles. The summed E-state index contributed by atoms with van der Waals surface area (Å²) in [5, 5.41) is 12.9. The third-order valence-corrected chi connectivity index (χ3v) is 2.26. The van der Waals surface area contributed by atoms with Crippen molar-refractivity contribution in [1.29, 1.82) is 0 Å². The Morgan fingerprint density at radius 2 is 2.36 bits per heavy atom. The van der Waals surface area contributed by atoms with Crippen LogP contribution < -0.4 is 5.32 Å². The number of aliphatic hydroxyl groups is 1. The summed E-state index contributed by atoms with van der Waals surface area (Å²) in [5.41, 5.74) is 0. The third kappa shape index (κ3) is 4.13. The van der Waals surface area contributed by atoms with Crippen molar-refractivity contribution >= 4 is 11.6 Å². The molecule has 2 N–H and O–H groups in total. The molecule has 0 fully saturated rings. The lowest BCUT2D eigenvalue weighted by Gasteiger charge is -2.07. The van der Waals surface area contributed by atoms with Gasteiger partial charge in [0, 0.05) is 0 Å². The first kappa shape index (κ1) is 11.6. The standard InChI is InChI=1S/C10H16ClNO2/c1-2-8(13)5-6-12-7-9-3-4-10(11)14-9/h3-4,8,12-13H,2,5-7H2,1H3. The molecule has 0 spiro atoms. The van der Waals surface area contributed by atoms with E-state index in [1.165, 1.54) is 0 Å². The summed E-state index contributed by atoms with van der Waals surface area (Å²) in [5.74, 6) is 0.820. The van der Waals surface area contributed by atoms with Gasteiger partial charge < -0.3 is 14.8 Å². The highest BCUT2D eigenvalue weighted by atomic mass is 35.5. The summed E-state index contributed by atoms with van der Waals surface area (Å²) in [6.45, 7) is 3.41. The number of nitrogens with one attached hydrogen (secondary N) is 1. The van der Waals surface area contributed by atoms with Gasteiger partial charge in [-0.1, -0.05) is 6.92 Å². The monoisotopic (exact) mass is 217 g/mol. The predicted molar refractivity (Wildman–Crippen MR) is 56.3 cm³/mol. The minimum Gasteiger partial charge on any atom is -0.448 e. The second-order valence-electron chi connectivity index (χ2n) is 3.23. The Morgan fingerprint density at radius 3 is 2.93 bits per heavy atom. The molecule has 0 aromatic carbocycles. The second-order valence-corrected chi connectivity index (χ2v) is 3.61. The van der Waals surface area contributed by atoms with E-state index in [4.69, 9.17) is 16.0 Å². The minimum absolute atomic E-state index is 0.206. The molecule has 1 unspecified atom stereocenters. The Balaban J connectivity index is 2.10. The quantitative estimate of drug-likeness (QED) is 0.718. The van der Waals surface area contributed by atoms with E-state index in [1.54, 1.807) is 6.07 Å². The van der Waals surface area contributed by atoms with Gasteiger partial charge >= 0.3 is 0 Å². The number of hydrogen-bond donors (Lipinski definition) is 2. The van der Waals surface area contributed by atoms with Crippen LogP contribution in [0, 0.1) is 0 Å². The molecule has 0 saturated carbocycles. The van der Waals surface area contributed by atoms with Crippen LogP contribution >= 0.6 is 11.6 Å². The fraction of sp³-hybridized carbons (Fsp3) is 0.600. The van der Waals surface area contributed by atoms with Crippen LogP contribution in [0.1, 0.15) is 25.5 Å².